The second-order valence-corrected chi connectivity index (χ2v) is 14.0. The van der Waals surface area contributed by atoms with Crippen molar-refractivity contribution < 1.29 is 13.6 Å². The van der Waals surface area contributed by atoms with Gasteiger partial charge in [-0.1, -0.05) is 41.4 Å². The SMILES string of the molecule is Cc1nc2c(F)c(-c3cccc(Cl)c3Cl)c(CCC#N)cc2c2c1cc(C(C)N1CCCN(c3cccc(F)n3)C1=O)n2C1C2CNC1C2. The third-order valence-corrected chi connectivity index (χ3v) is 11.4. The lowest BCUT2D eigenvalue weighted by molar-refractivity contribution is 0.165. The van der Waals surface area contributed by atoms with E-state index < -0.39 is 11.8 Å². The maximum Gasteiger partial charge on any atom is 0.326 e. The van der Waals surface area contributed by atoms with Crippen LogP contribution in [0.4, 0.5) is 19.4 Å². The van der Waals surface area contributed by atoms with E-state index in [1.807, 2.05) is 24.8 Å². The van der Waals surface area contributed by atoms with Crippen LogP contribution in [0.5, 0.6) is 0 Å². The van der Waals surface area contributed by atoms with E-state index in [0.29, 0.717) is 64.6 Å². The zero-order chi connectivity index (χ0) is 34.1. The minimum absolute atomic E-state index is 0.105. The number of anilines is 1. The number of carbonyl (C=O) groups is 1. The number of hydrogen-bond acceptors (Lipinski definition) is 5. The summed E-state index contributed by atoms with van der Waals surface area (Å²) < 4.78 is 33.4. The number of hydrogen-bond donors (Lipinski definition) is 1. The molecular weight excluding hydrogens is 667 g/mol. The smallest absolute Gasteiger partial charge is 0.326 e. The van der Waals surface area contributed by atoms with E-state index >= 15 is 4.39 Å². The molecule has 3 aromatic heterocycles. The predicted molar refractivity (Wildman–Crippen MR) is 187 cm³/mol. The van der Waals surface area contributed by atoms with Crippen molar-refractivity contribution in [3.05, 3.63) is 87.3 Å². The van der Waals surface area contributed by atoms with Crippen molar-refractivity contribution in [2.75, 3.05) is 24.5 Å². The number of rotatable bonds is 7. The lowest BCUT2D eigenvalue weighted by Gasteiger charge is -2.42. The molecule has 1 saturated carbocycles. The molecule has 2 amide bonds. The van der Waals surface area contributed by atoms with E-state index in [4.69, 9.17) is 28.2 Å². The normalized spacial score (nSPS) is 21.0. The maximum atomic E-state index is 17.0. The van der Waals surface area contributed by atoms with E-state index in [9.17, 15) is 14.4 Å². The molecule has 2 bridgehead atoms. The number of aryl methyl sites for hydroxylation is 2. The van der Waals surface area contributed by atoms with Crippen molar-refractivity contribution in [2.45, 2.75) is 57.7 Å². The van der Waals surface area contributed by atoms with Gasteiger partial charge in [-0.2, -0.15) is 9.65 Å². The number of pyridine rings is 2. The highest BCUT2D eigenvalue weighted by Crippen LogP contribution is 2.50. The zero-order valence-corrected chi connectivity index (χ0v) is 28.5. The number of nitriles is 1. The Morgan fingerprint density at radius 3 is 2.65 bits per heavy atom. The van der Waals surface area contributed by atoms with E-state index in [1.165, 1.54) is 11.0 Å². The Morgan fingerprint density at radius 2 is 1.92 bits per heavy atom. The molecule has 9 rings (SSSR count). The maximum absolute atomic E-state index is 17.0. The summed E-state index contributed by atoms with van der Waals surface area (Å²) in [5.74, 6) is -0.486. The quantitative estimate of drug-likeness (QED) is 0.172. The number of fused-ring (bicyclic) bond motifs is 4. The van der Waals surface area contributed by atoms with Crippen LogP contribution in [0.1, 0.15) is 55.2 Å². The Kier molecular flexibility index (Phi) is 7.97. The number of aromatic nitrogens is 3. The molecule has 5 aromatic rings. The fraction of sp³-hybridized carbons (Fsp3) is 0.351. The lowest BCUT2D eigenvalue weighted by Crippen LogP contribution is -2.51. The summed E-state index contributed by atoms with van der Waals surface area (Å²) in [5, 5.41) is 15.3. The van der Waals surface area contributed by atoms with Gasteiger partial charge in [0.1, 0.15) is 11.3 Å². The van der Waals surface area contributed by atoms with Crippen molar-refractivity contribution in [3.63, 3.8) is 0 Å². The summed E-state index contributed by atoms with van der Waals surface area (Å²) in [7, 11) is 0. The molecule has 0 spiro atoms. The van der Waals surface area contributed by atoms with Crippen LogP contribution in [0.25, 0.3) is 32.9 Å². The van der Waals surface area contributed by atoms with Gasteiger partial charge >= 0.3 is 6.03 Å². The van der Waals surface area contributed by atoms with Crippen molar-refractivity contribution in [1.29, 1.82) is 5.26 Å². The Labute approximate surface area is 292 Å². The number of halogens is 4. The van der Waals surface area contributed by atoms with Crippen LogP contribution in [0.15, 0.2) is 48.5 Å². The van der Waals surface area contributed by atoms with Gasteiger partial charge in [-0.3, -0.25) is 4.90 Å². The van der Waals surface area contributed by atoms with Gasteiger partial charge in [0.2, 0.25) is 5.95 Å². The summed E-state index contributed by atoms with van der Waals surface area (Å²) >= 11 is 13.0. The highest BCUT2D eigenvalue weighted by atomic mass is 35.5. The number of nitrogens with zero attached hydrogens (tertiary/aromatic N) is 6. The molecule has 1 aliphatic carbocycles. The van der Waals surface area contributed by atoms with Crippen LogP contribution in [-0.4, -0.2) is 51.1 Å². The van der Waals surface area contributed by atoms with Crippen LogP contribution in [0.3, 0.4) is 0 Å². The molecule has 3 aliphatic heterocycles. The van der Waals surface area contributed by atoms with Crippen molar-refractivity contribution in [3.8, 4) is 17.2 Å². The first-order valence-electron chi connectivity index (χ1n) is 16.6. The van der Waals surface area contributed by atoms with Gasteiger partial charge in [-0.15, -0.1) is 0 Å². The third kappa shape index (κ3) is 5.05. The van der Waals surface area contributed by atoms with Crippen molar-refractivity contribution in [2.24, 2.45) is 5.92 Å². The fourth-order valence-electron chi connectivity index (χ4n) is 8.19. The first kappa shape index (κ1) is 31.9. The van der Waals surface area contributed by atoms with Gasteiger partial charge in [0.15, 0.2) is 5.82 Å². The highest BCUT2D eigenvalue weighted by molar-refractivity contribution is 6.43. The molecular formula is C37H33Cl2F2N7O. The zero-order valence-electron chi connectivity index (χ0n) is 27.0. The van der Waals surface area contributed by atoms with Crippen molar-refractivity contribution in [1.82, 2.24) is 24.8 Å². The van der Waals surface area contributed by atoms with Gasteiger partial charge < -0.3 is 14.8 Å². The minimum Gasteiger partial charge on any atom is -0.337 e. The summed E-state index contributed by atoms with van der Waals surface area (Å²) in [4.78, 5) is 26.2. The number of urea groups is 1. The average molecular weight is 701 g/mol. The van der Waals surface area contributed by atoms with E-state index in [0.717, 1.165) is 29.6 Å². The number of benzene rings is 2. The Hall–Kier alpha value is -4.30. The Balaban J connectivity index is 1.34. The molecule has 1 N–H and O–H groups in total. The molecule has 6 heterocycles. The number of amides is 2. The first-order chi connectivity index (χ1) is 23.7. The van der Waals surface area contributed by atoms with Gasteiger partial charge in [-0.05, 0) is 74.9 Å². The van der Waals surface area contributed by atoms with Gasteiger partial charge in [-0.25, -0.2) is 19.2 Å². The molecule has 250 valence electrons. The molecule has 4 atom stereocenters. The molecule has 4 unspecified atom stereocenters. The monoisotopic (exact) mass is 699 g/mol. The minimum atomic E-state index is -0.638. The molecule has 3 saturated heterocycles. The Morgan fingerprint density at radius 1 is 1.10 bits per heavy atom. The predicted octanol–water partition coefficient (Wildman–Crippen LogP) is 8.53. The van der Waals surface area contributed by atoms with E-state index in [1.54, 1.807) is 30.3 Å². The number of carbonyl (C=O) groups excluding carboxylic acids is 1. The topological polar surface area (TPSA) is 90.1 Å². The van der Waals surface area contributed by atoms with Gasteiger partial charge in [0, 0.05) is 65.4 Å². The van der Waals surface area contributed by atoms with Crippen molar-refractivity contribution >= 4 is 56.9 Å². The molecule has 12 heteroatoms. The van der Waals surface area contributed by atoms with Gasteiger partial charge in [0.25, 0.3) is 0 Å². The molecule has 4 aliphatic rings. The average Bonchev–Trinajstić information content (AvgIpc) is 3.83. The van der Waals surface area contributed by atoms with Crippen LogP contribution < -0.4 is 10.2 Å². The number of nitrogens with one attached hydrogen (secondary N) is 1. The first-order valence-corrected chi connectivity index (χ1v) is 17.4. The Bertz CT molecular complexity index is 2200. The van der Waals surface area contributed by atoms with Crippen LogP contribution in [0, 0.1) is 35.9 Å². The standard InChI is InChI=1S/C37H33Cl2F2N7O/c1-19-24-17-28(20(2)46-13-6-14-47(37(46)49)30-11-4-10-29(40)45-30)48(35-22-16-27(35)43-18-22)36(24)25-15-21(7-5-12-42)31(33(41)34(25)44-19)23-8-3-9-26(38)32(23)39/h3-4,8-11,15,17,20,22,27,35,43H,5-7,13-14,16,18H2,1-2H3. The van der Waals surface area contributed by atoms with E-state index in [2.05, 4.69) is 27.0 Å². The van der Waals surface area contributed by atoms with Gasteiger partial charge in [0.05, 0.1) is 33.7 Å². The summed E-state index contributed by atoms with van der Waals surface area (Å²) in [5.41, 5.74) is 4.06. The van der Waals surface area contributed by atoms with Crippen LogP contribution >= 0.6 is 23.2 Å². The van der Waals surface area contributed by atoms with Crippen LogP contribution in [-0.2, 0) is 6.42 Å². The largest absolute Gasteiger partial charge is 0.337 e. The lowest BCUT2D eigenvalue weighted by atomic mass is 9.79. The summed E-state index contributed by atoms with van der Waals surface area (Å²) in [6.07, 6.45) is 2.23. The second kappa shape index (κ2) is 12.2. The highest BCUT2D eigenvalue weighted by Gasteiger charge is 2.49. The molecule has 0 radical (unpaired) electrons. The fourth-order valence-corrected chi connectivity index (χ4v) is 8.58. The van der Waals surface area contributed by atoms with E-state index in [-0.39, 0.29) is 46.9 Å². The second-order valence-electron chi connectivity index (χ2n) is 13.3. The third-order valence-electron chi connectivity index (χ3n) is 10.6. The summed E-state index contributed by atoms with van der Waals surface area (Å²) in [6, 6.07) is 15.6. The summed E-state index contributed by atoms with van der Waals surface area (Å²) in [6.45, 7) is 5.74. The molecule has 2 aromatic carbocycles. The molecule has 8 nitrogen and oxygen atoms in total. The molecule has 4 fully saturated rings. The van der Waals surface area contributed by atoms with Crippen LogP contribution in [0.2, 0.25) is 10.0 Å². The molecule has 49 heavy (non-hydrogen) atoms.